The van der Waals surface area contributed by atoms with E-state index in [9.17, 15) is 13.2 Å². The highest BCUT2D eigenvalue weighted by Gasteiger charge is 2.16. The van der Waals surface area contributed by atoms with Crippen LogP contribution in [0.5, 0.6) is 0 Å². The topological polar surface area (TPSA) is 44.5 Å². The van der Waals surface area contributed by atoms with Crippen molar-refractivity contribution in [2.75, 3.05) is 0 Å². The number of hydrogen-bond acceptors (Lipinski definition) is 2. The van der Waals surface area contributed by atoms with Gasteiger partial charge in [0.2, 0.25) is 4.77 Å². The summed E-state index contributed by atoms with van der Waals surface area (Å²) in [5.74, 6) is -4.05. The zero-order chi connectivity index (χ0) is 11.0. The fraction of sp³-hybridized carbons (Fsp3) is 0. The van der Waals surface area contributed by atoms with E-state index in [1.54, 1.807) is 0 Å². The summed E-state index contributed by atoms with van der Waals surface area (Å²) in [7, 11) is 0. The van der Waals surface area contributed by atoms with E-state index in [1.165, 1.54) is 0 Å². The molecule has 1 heterocycles. The number of aromatic nitrogens is 3. The van der Waals surface area contributed by atoms with Crippen LogP contribution in [-0.2, 0) is 0 Å². The normalized spacial score (nSPS) is 10.6. The number of rotatable bonds is 1. The van der Waals surface area contributed by atoms with Gasteiger partial charge in [0.05, 0.1) is 5.56 Å². The predicted molar refractivity (Wildman–Crippen MR) is 49.1 cm³/mol. The second-order valence-electron chi connectivity index (χ2n) is 2.74. The minimum absolute atomic E-state index is 0.0244. The van der Waals surface area contributed by atoms with Crippen molar-refractivity contribution >= 4 is 12.2 Å². The minimum Gasteiger partial charge on any atom is -0.282 e. The summed E-state index contributed by atoms with van der Waals surface area (Å²) in [6.07, 6.45) is 0. The van der Waals surface area contributed by atoms with Gasteiger partial charge in [-0.25, -0.2) is 13.2 Å². The highest BCUT2D eigenvalue weighted by molar-refractivity contribution is 7.71. The molecule has 0 spiro atoms. The lowest BCUT2D eigenvalue weighted by Gasteiger charge is -2.00. The van der Waals surface area contributed by atoms with E-state index in [-0.39, 0.29) is 16.2 Å². The molecular formula is C8H4F3N3S. The summed E-state index contributed by atoms with van der Waals surface area (Å²) in [5.41, 5.74) is -0.179. The predicted octanol–water partition coefficient (Wildman–Crippen LogP) is 2.55. The van der Waals surface area contributed by atoms with Gasteiger partial charge in [0.1, 0.15) is 0 Å². The van der Waals surface area contributed by atoms with Crippen LogP contribution in [0.2, 0.25) is 0 Å². The third-order valence-electron chi connectivity index (χ3n) is 1.79. The maximum absolute atomic E-state index is 13.2. The molecule has 0 amide bonds. The number of hydrogen-bond donors (Lipinski definition) is 2. The van der Waals surface area contributed by atoms with Crippen LogP contribution < -0.4 is 0 Å². The Morgan fingerprint density at radius 3 is 2.40 bits per heavy atom. The highest BCUT2D eigenvalue weighted by atomic mass is 32.1. The van der Waals surface area contributed by atoms with Gasteiger partial charge in [0, 0.05) is 0 Å². The van der Waals surface area contributed by atoms with Gasteiger partial charge in [0.15, 0.2) is 23.3 Å². The van der Waals surface area contributed by atoms with Crippen LogP contribution in [0.15, 0.2) is 12.1 Å². The molecule has 0 unspecified atom stereocenters. The molecule has 7 heteroatoms. The van der Waals surface area contributed by atoms with E-state index in [1.807, 2.05) is 0 Å². The molecule has 0 radical (unpaired) electrons. The molecule has 0 aliphatic rings. The average Bonchev–Trinajstić information content (AvgIpc) is 2.61. The number of nitrogens with zero attached hydrogens (tertiary/aromatic N) is 1. The Kier molecular flexibility index (Phi) is 2.31. The third-order valence-corrected chi connectivity index (χ3v) is 1.98. The SMILES string of the molecule is Fc1ccc(-c2nc(=S)[nH][nH]2)c(F)c1F. The van der Waals surface area contributed by atoms with Gasteiger partial charge < -0.3 is 0 Å². The molecule has 0 fully saturated rings. The first-order valence-electron chi connectivity index (χ1n) is 3.88. The summed E-state index contributed by atoms with van der Waals surface area (Å²) < 4.78 is 38.8. The zero-order valence-corrected chi connectivity index (χ0v) is 7.96. The van der Waals surface area contributed by atoms with Crippen LogP contribution in [0.1, 0.15) is 0 Å². The van der Waals surface area contributed by atoms with E-state index in [0.29, 0.717) is 0 Å². The Bertz CT molecular complexity index is 560. The second-order valence-corrected chi connectivity index (χ2v) is 3.13. The Hall–Kier alpha value is -1.63. The molecule has 0 aliphatic carbocycles. The van der Waals surface area contributed by atoms with Crippen molar-refractivity contribution in [1.29, 1.82) is 0 Å². The molecule has 0 saturated heterocycles. The zero-order valence-electron chi connectivity index (χ0n) is 7.14. The van der Waals surface area contributed by atoms with Crippen molar-refractivity contribution in [3.8, 4) is 11.4 Å². The van der Waals surface area contributed by atoms with Crippen molar-refractivity contribution < 1.29 is 13.2 Å². The molecule has 0 aliphatic heterocycles. The van der Waals surface area contributed by atoms with Crippen LogP contribution in [0.25, 0.3) is 11.4 Å². The summed E-state index contributed by atoms with van der Waals surface area (Å²) in [5, 5.41) is 4.86. The first kappa shape index (κ1) is 9.91. The maximum atomic E-state index is 13.2. The van der Waals surface area contributed by atoms with Crippen LogP contribution in [0, 0.1) is 22.2 Å². The molecule has 15 heavy (non-hydrogen) atoms. The average molecular weight is 231 g/mol. The molecule has 2 aromatic rings. The lowest BCUT2D eigenvalue weighted by Crippen LogP contribution is -1.94. The van der Waals surface area contributed by atoms with Gasteiger partial charge in [-0.15, -0.1) is 0 Å². The number of nitrogens with one attached hydrogen (secondary N) is 2. The van der Waals surface area contributed by atoms with E-state index >= 15 is 0 Å². The molecule has 78 valence electrons. The van der Waals surface area contributed by atoms with Gasteiger partial charge in [-0.1, -0.05) is 0 Å². The summed E-state index contributed by atoms with van der Waals surface area (Å²) in [6.45, 7) is 0. The molecule has 1 aromatic heterocycles. The number of halogens is 3. The maximum Gasteiger partial charge on any atom is 0.213 e. The van der Waals surface area contributed by atoms with Gasteiger partial charge >= 0.3 is 0 Å². The fourth-order valence-corrected chi connectivity index (χ4v) is 1.25. The standard InChI is InChI=1S/C8H4F3N3S/c9-4-2-1-3(5(10)6(4)11)7-12-8(15)14-13-7/h1-2H,(H2,12,13,14,15). The number of aromatic amines is 2. The molecule has 0 bridgehead atoms. The van der Waals surface area contributed by atoms with E-state index < -0.39 is 17.5 Å². The Balaban J connectivity index is 2.64. The van der Waals surface area contributed by atoms with Crippen LogP contribution in [-0.4, -0.2) is 15.2 Å². The van der Waals surface area contributed by atoms with Crippen LogP contribution >= 0.6 is 12.2 Å². The molecule has 2 N–H and O–H groups in total. The van der Waals surface area contributed by atoms with Crippen molar-refractivity contribution in [2.24, 2.45) is 0 Å². The first-order valence-corrected chi connectivity index (χ1v) is 4.29. The van der Waals surface area contributed by atoms with Gasteiger partial charge in [0.25, 0.3) is 0 Å². The largest absolute Gasteiger partial charge is 0.282 e. The fourth-order valence-electron chi connectivity index (χ4n) is 1.11. The number of benzene rings is 1. The van der Waals surface area contributed by atoms with Gasteiger partial charge in [-0.2, -0.15) is 4.98 Å². The summed E-state index contributed by atoms with van der Waals surface area (Å²) in [6, 6.07) is 1.90. The summed E-state index contributed by atoms with van der Waals surface area (Å²) >= 11 is 4.65. The van der Waals surface area contributed by atoms with Crippen molar-refractivity contribution in [1.82, 2.24) is 15.2 Å². The Labute approximate surface area is 87.0 Å². The Morgan fingerprint density at radius 1 is 1.07 bits per heavy atom. The van der Waals surface area contributed by atoms with Crippen molar-refractivity contribution in [3.63, 3.8) is 0 Å². The van der Waals surface area contributed by atoms with Crippen LogP contribution in [0.3, 0.4) is 0 Å². The smallest absolute Gasteiger partial charge is 0.213 e. The molecule has 0 saturated carbocycles. The van der Waals surface area contributed by atoms with E-state index in [4.69, 9.17) is 0 Å². The Morgan fingerprint density at radius 2 is 1.80 bits per heavy atom. The highest BCUT2D eigenvalue weighted by Crippen LogP contribution is 2.22. The molecular weight excluding hydrogens is 227 g/mol. The molecule has 2 rings (SSSR count). The molecule has 1 aromatic carbocycles. The van der Waals surface area contributed by atoms with Gasteiger partial charge in [-0.3, -0.25) is 10.2 Å². The second kappa shape index (κ2) is 3.50. The van der Waals surface area contributed by atoms with Crippen LogP contribution in [0.4, 0.5) is 13.2 Å². The monoisotopic (exact) mass is 231 g/mol. The molecule has 0 atom stereocenters. The van der Waals surface area contributed by atoms with Gasteiger partial charge in [-0.05, 0) is 24.4 Å². The van der Waals surface area contributed by atoms with Crippen molar-refractivity contribution in [3.05, 3.63) is 34.4 Å². The lowest BCUT2D eigenvalue weighted by molar-refractivity contribution is 0.448. The molecule has 3 nitrogen and oxygen atoms in total. The van der Waals surface area contributed by atoms with E-state index in [0.717, 1.165) is 12.1 Å². The third kappa shape index (κ3) is 1.65. The lowest BCUT2D eigenvalue weighted by atomic mass is 10.2. The minimum atomic E-state index is -1.53. The van der Waals surface area contributed by atoms with E-state index in [2.05, 4.69) is 27.4 Å². The first-order chi connectivity index (χ1) is 7.09. The quantitative estimate of drug-likeness (QED) is 0.585. The summed E-state index contributed by atoms with van der Waals surface area (Å²) in [4.78, 5) is 3.69. The number of H-pyrrole nitrogens is 2. The van der Waals surface area contributed by atoms with Crippen molar-refractivity contribution in [2.45, 2.75) is 0 Å².